The van der Waals surface area contributed by atoms with Crippen molar-refractivity contribution in [3.05, 3.63) is 116 Å². The van der Waals surface area contributed by atoms with E-state index in [2.05, 4.69) is 0 Å². The molecule has 4 heterocycles. The van der Waals surface area contributed by atoms with Gasteiger partial charge >= 0.3 is 0 Å². The van der Waals surface area contributed by atoms with E-state index in [0.717, 1.165) is 22.0 Å². The van der Waals surface area contributed by atoms with Crippen molar-refractivity contribution >= 4 is 45.5 Å². The highest BCUT2D eigenvalue weighted by Crippen LogP contribution is 2.38. The molecule has 0 aliphatic carbocycles. The second-order valence-electron chi connectivity index (χ2n) is 8.55. The monoisotopic (exact) mass is 513 g/mol. The molecule has 0 unspecified atom stereocenters. The summed E-state index contributed by atoms with van der Waals surface area (Å²) < 4.78 is 7.33. The number of aryl methyl sites for hydroxylation is 1. The number of carbonyl (C=O) groups excluding carboxylic acids is 1. The predicted molar refractivity (Wildman–Crippen MR) is 143 cm³/mol. The van der Waals surface area contributed by atoms with Crippen molar-refractivity contribution in [3.63, 3.8) is 0 Å². The summed E-state index contributed by atoms with van der Waals surface area (Å²) in [4.78, 5) is 27.9. The average Bonchev–Trinajstić information content (AvgIpc) is 3.68. The third-order valence-corrected chi connectivity index (χ3v) is 7.56. The van der Waals surface area contributed by atoms with Gasteiger partial charge in [-0.05, 0) is 47.3 Å². The van der Waals surface area contributed by atoms with E-state index < -0.39 is 6.04 Å². The van der Waals surface area contributed by atoms with Crippen LogP contribution >= 0.6 is 22.9 Å². The minimum atomic E-state index is -0.459. The largest absolute Gasteiger partial charge is 0.467 e. The quantitative estimate of drug-likeness (QED) is 0.275. The SMILES string of the molecule is Cn1c(=O)c(C2=NN(C(=O)c3cccs3)[C@H](c3ccco3)C2)c(-c2ccc(Cl)cc2)c2ccccc21. The smallest absolute Gasteiger partial charge is 0.284 e. The molecule has 2 aromatic carbocycles. The minimum Gasteiger partial charge on any atom is -0.467 e. The number of nitrogens with zero attached hydrogens (tertiary/aromatic N) is 3. The molecule has 0 saturated heterocycles. The molecule has 0 spiro atoms. The summed E-state index contributed by atoms with van der Waals surface area (Å²) in [6.45, 7) is 0. The molecule has 3 aromatic heterocycles. The first-order valence-corrected chi connectivity index (χ1v) is 12.6. The van der Waals surface area contributed by atoms with Crippen molar-refractivity contribution < 1.29 is 9.21 Å². The summed E-state index contributed by atoms with van der Waals surface area (Å²) in [6, 6.07) is 22.0. The molecule has 1 aliphatic heterocycles. The highest BCUT2D eigenvalue weighted by atomic mass is 35.5. The number of benzene rings is 2. The lowest BCUT2D eigenvalue weighted by molar-refractivity contribution is 0.0698. The van der Waals surface area contributed by atoms with Crippen LogP contribution in [-0.4, -0.2) is 21.2 Å². The zero-order valence-corrected chi connectivity index (χ0v) is 20.8. The van der Waals surface area contributed by atoms with E-state index in [0.29, 0.717) is 33.4 Å². The maximum Gasteiger partial charge on any atom is 0.284 e. The van der Waals surface area contributed by atoms with Gasteiger partial charge in [-0.3, -0.25) is 9.59 Å². The van der Waals surface area contributed by atoms with Gasteiger partial charge in [-0.2, -0.15) is 5.10 Å². The van der Waals surface area contributed by atoms with Crippen molar-refractivity contribution in [2.75, 3.05) is 0 Å². The van der Waals surface area contributed by atoms with Crippen LogP contribution in [0.2, 0.25) is 5.02 Å². The number of hydrazone groups is 1. The standard InChI is InChI=1S/C28H20ClN3O3S/c1-31-21-7-3-2-6-19(21)25(17-10-12-18(29)13-11-17)26(28(31)34)20-16-22(23-8-4-14-35-23)32(30-20)27(33)24-9-5-15-36-24/h2-15,22H,16H2,1H3/t22-/m0/s1. The van der Waals surface area contributed by atoms with Crippen molar-refractivity contribution in [1.82, 2.24) is 9.58 Å². The van der Waals surface area contributed by atoms with E-state index in [1.807, 2.05) is 66.0 Å². The molecule has 0 radical (unpaired) electrons. The maximum absolute atomic E-state index is 13.9. The van der Waals surface area contributed by atoms with Gasteiger partial charge in [-0.25, -0.2) is 5.01 Å². The van der Waals surface area contributed by atoms with Crippen molar-refractivity contribution in [3.8, 4) is 11.1 Å². The van der Waals surface area contributed by atoms with Crippen LogP contribution in [0.1, 0.15) is 33.5 Å². The number of amides is 1. The van der Waals surface area contributed by atoms with Gasteiger partial charge in [0.2, 0.25) is 0 Å². The molecular weight excluding hydrogens is 494 g/mol. The fraction of sp³-hybridized carbons (Fsp3) is 0.107. The normalized spacial score (nSPS) is 15.4. The second kappa shape index (κ2) is 8.93. The van der Waals surface area contributed by atoms with Gasteiger partial charge in [-0.1, -0.05) is 48.0 Å². The molecule has 6 nitrogen and oxygen atoms in total. The van der Waals surface area contributed by atoms with Crippen LogP contribution < -0.4 is 5.56 Å². The molecule has 36 heavy (non-hydrogen) atoms. The summed E-state index contributed by atoms with van der Waals surface area (Å²) in [5.41, 5.74) is 3.26. The summed E-state index contributed by atoms with van der Waals surface area (Å²) in [7, 11) is 1.76. The summed E-state index contributed by atoms with van der Waals surface area (Å²) in [6.07, 6.45) is 1.92. The zero-order valence-electron chi connectivity index (χ0n) is 19.2. The summed E-state index contributed by atoms with van der Waals surface area (Å²) >= 11 is 7.53. The number of furan rings is 1. The highest BCUT2D eigenvalue weighted by Gasteiger charge is 2.37. The highest BCUT2D eigenvalue weighted by molar-refractivity contribution is 7.12. The van der Waals surface area contributed by atoms with Crippen LogP contribution in [0.5, 0.6) is 0 Å². The van der Waals surface area contributed by atoms with E-state index in [4.69, 9.17) is 21.1 Å². The molecule has 5 aromatic rings. The zero-order chi connectivity index (χ0) is 24.8. The van der Waals surface area contributed by atoms with Crippen LogP contribution in [-0.2, 0) is 7.05 Å². The Bertz CT molecular complexity index is 1670. The van der Waals surface area contributed by atoms with E-state index in [9.17, 15) is 9.59 Å². The summed E-state index contributed by atoms with van der Waals surface area (Å²) in [5.74, 6) is 0.386. The van der Waals surface area contributed by atoms with Gasteiger partial charge in [0, 0.05) is 29.4 Å². The predicted octanol–water partition coefficient (Wildman–Crippen LogP) is 6.50. The van der Waals surface area contributed by atoms with E-state index in [-0.39, 0.29) is 11.5 Å². The lowest BCUT2D eigenvalue weighted by Crippen LogP contribution is -2.26. The van der Waals surface area contributed by atoms with Gasteiger partial charge in [0.15, 0.2) is 0 Å². The third-order valence-electron chi connectivity index (χ3n) is 6.45. The van der Waals surface area contributed by atoms with Gasteiger partial charge in [0.25, 0.3) is 11.5 Å². The number of rotatable bonds is 4. The first-order valence-electron chi connectivity index (χ1n) is 11.4. The molecule has 178 valence electrons. The molecule has 1 aliphatic rings. The summed E-state index contributed by atoms with van der Waals surface area (Å²) in [5, 5.41) is 9.59. The molecule has 0 fully saturated rings. The van der Waals surface area contributed by atoms with Crippen molar-refractivity contribution in [1.29, 1.82) is 0 Å². The molecule has 6 rings (SSSR count). The number of halogens is 1. The topological polar surface area (TPSA) is 67.8 Å². The Morgan fingerprint density at radius 2 is 1.83 bits per heavy atom. The number of aromatic nitrogens is 1. The van der Waals surface area contributed by atoms with Gasteiger partial charge < -0.3 is 8.98 Å². The van der Waals surface area contributed by atoms with Crippen molar-refractivity contribution in [2.24, 2.45) is 12.1 Å². The number of hydrogen-bond acceptors (Lipinski definition) is 5. The number of pyridine rings is 1. The molecule has 8 heteroatoms. The fourth-order valence-corrected chi connectivity index (χ4v) is 5.53. The average molecular weight is 514 g/mol. The lowest BCUT2D eigenvalue weighted by atomic mass is 9.91. The Morgan fingerprint density at radius 1 is 1.03 bits per heavy atom. The number of carbonyl (C=O) groups is 1. The van der Waals surface area contributed by atoms with Crippen LogP contribution in [0, 0.1) is 0 Å². The van der Waals surface area contributed by atoms with Crippen LogP contribution in [0.15, 0.2) is 98.8 Å². The Morgan fingerprint density at radius 3 is 2.56 bits per heavy atom. The molecule has 0 saturated carbocycles. The Balaban J connectivity index is 1.60. The van der Waals surface area contributed by atoms with E-state index >= 15 is 0 Å². The Hall–Kier alpha value is -3.94. The minimum absolute atomic E-state index is 0.180. The lowest BCUT2D eigenvalue weighted by Gasteiger charge is -2.19. The molecule has 0 bridgehead atoms. The van der Waals surface area contributed by atoms with Crippen LogP contribution in [0.3, 0.4) is 0 Å². The van der Waals surface area contributed by atoms with Crippen LogP contribution in [0.25, 0.3) is 22.0 Å². The van der Waals surface area contributed by atoms with Crippen molar-refractivity contribution in [2.45, 2.75) is 12.5 Å². The number of para-hydroxylation sites is 1. The number of fused-ring (bicyclic) bond motifs is 1. The third kappa shape index (κ3) is 3.68. The Labute approximate surface area is 215 Å². The first-order chi connectivity index (χ1) is 17.5. The number of hydrogen-bond donors (Lipinski definition) is 0. The molecule has 0 N–H and O–H groups in total. The Kier molecular flexibility index (Phi) is 5.59. The molecule has 1 amide bonds. The molecule has 1 atom stereocenters. The number of thiophene rings is 1. The van der Waals surface area contributed by atoms with E-state index in [1.54, 1.807) is 30.0 Å². The van der Waals surface area contributed by atoms with E-state index in [1.165, 1.54) is 16.3 Å². The fourth-order valence-electron chi connectivity index (χ4n) is 4.74. The van der Waals surface area contributed by atoms with Gasteiger partial charge in [-0.15, -0.1) is 11.3 Å². The second-order valence-corrected chi connectivity index (χ2v) is 9.93. The first kappa shape index (κ1) is 22.5. The van der Waals surface area contributed by atoms with Gasteiger partial charge in [0.05, 0.1) is 27.9 Å². The molecular formula is C28H20ClN3O3S. The maximum atomic E-state index is 13.9. The van der Waals surface area contributed by atoms with Crippen LogP contribution in [0.4, 0.5) is 0 Å². The van der Waals surface area contributed by atoms with Gasteiger partial charge in [0.1, 0.15) is 11.8 Å².